The number of nitrogens with one attached hydrogen (secondary N) is 1. The molecule has 0 aliphatic carbocycles. The molecular formula is C6H7N3O. The van der Waals surface area contributed by atoms with Crippen LogP contribution in [0.15, 0.2) is 10.7 Å². The predicted molar refractivity (Wildman–Crippen MR) is 35.5 cm³/mol. The summed E-state index contributed by atoms with van der Waals surface area (Å²) in [7, 11) is 0. The Balaban J connectivity index is 2.57. The molecular weight excluding hydrogens is 130 g/mol. The minimum Gasteiger partial charge on any atom is -0.356 e. The number of H-pyrrole nitrogens is 1. The maximum absolute atomic E-state index is 4.80. The number of aryl methyl sites for hydroxylation is 1. The minimum absolute atomic E-state index is 0.611. The molecule has 1 N–H and O–H groups in total. The smallest absolute Gasteiger partial charge is 0.291 e. The second-order valence-corrected chi connectivity index (χ2v) is 2.07. The Morgan fingerprint density at radius 2 is 2.60 bits per heavy atom. The van der Waals surface area contributed by atoms with Crippen molar-refractivity contribution >= 4 is 11.4 Å². The van der Waals surface area contributed by atoms with Gasteiger partial charge in [-0.25, -0.2) is 9.97 Å². The molecule has 0 fully saturated rings. The zero-order valence-electron chi connectivity index (χ0n) is 5.59. The summed E-state index contributed by atoms with van der Waals surface area (Å²) in [6.45, 7) is 2.03. The van der Waals surface area contributed by atoms with E-state index in [-0.39, 0.29) is 0 Å². The summed E-state index contributed by atoms with van der Waals surface area (Å²) in [5.74, 6) is 0. The summed E-state index contributed by atoms with van der Waals surface area (Å²) in [5, 5.41) is 2.57. The van der Waals surface area contributed by atoms with Gasteiger partial charge in [0.2, 0.25) is 5.65 Å². The highest BCUT2D eigenvalue weighted by Crippen LogP contribution is 2.07. The van der Waals surface area contributed by atoms with Gasteiger partial charge in [0.05, 0.1) is 11.9 Å². The van der Waals surface area contributed by atoms with Crippen LogP contribution in [0, 0.1) is 0 Å². The molecule has 0 aromatic carbocycles. The van der Waals surface area contributed by atoms with E-state index >= 15 is 0 Å². The van der Waals surface area contributed by atoms with Crippen molar-refractivity contribution in [2.45, 2.75) is 13.3 Å². The first kappa shape index (κ1) is 5.46. The first-order valence-electron chi connectivity index (χ1n) is 3.19. The molecule has 2 aromatic rings. The van der Waals surface area contributed by atoms with Crippen molar-refractivity contribution in [3.05, 3.63) is 11.9 Å². The average Bonchev–Trinajstić information content (AvgIpc) is 1.92. The lowest BCUT2D eigenvalue weighted by Gasteiger charge is -1.99. The van der Waals surface area contributed by atoms with Crippen LogP contribution in [0.25, 0.3) is 11.4 Å². The van der Waals surface area contributed by atoms with Crippen LogP contribution in [0.5, 0.6) is 0 Å². The molecule has 0 unspecified atom stereocenters. The molecule has 0 amide bonds. The molecule has 0 aliphatic heterocycles. The van der Waals surface area contributed by atoms with Gasteiger partial charge in [-0.15, -0.1) is 0 Å². The molecule has 52 valence electrons. The van der Waals surface area contributed by atoms with Gasteiger partial charge in [0.25, 0.3) is 5.71 Å². The number of nitrogens with zero attached hydrogens (tertiary/aromatic N) is 2. The summed E-state index contributed by atoms with van der Waals surface area (Å²) >= 11 is 0. The van der Waals surface area contributed by atoms with E-state index in [1.54, 1.807) is 6.20 Å². The topological polar surface area (TPSA) is 54.7 Å². The lowest BCUT2D eigenvalue weighted by Crippen LogP contribution is -1.95. The van der Waals surface area contributed by atoms with Crippen LogP contribution in [-0.2, 0) is 6.42 Å². The largest absolute Gasteiger partial charge is 0.356 e. The number of hydrogen-bond acceptors (Lipinski definition) is 3. The molecule has 0 bridgehead atoms. The molecule has 2 heterocycles. The molecule has 0 atom stereocenters. The Kier molecular flexibility index (Phi) is 1.00. The standard InChI is InChI=1S/C6H7N3O/c1-2-4-3-7-5-6(8-4)10-9-5/h3H,2H2,1H3,(H,7,9). The fraction of sp³-hybridized carbons (Fsp3) is 0.333. The summed E-state index contributed by atoms with van der Waals surface area (Å²) in [4.78, 5) is 8.17. The Bertz CT molecular complexity index is 335. The number of fused-ring (bicyclic) bond motifs is 1. The van der Waals surface area contributed by atoms with Gasteiger partial charge in [0, 0.05) is 0 Å². The van der Waals surface area contributed by atoms with E-state index in [0.29, 0.717) is 5.71 Å². The lowest BCUT2D eigenvalue weighted by molar-refractivity contribution is 0.408. The molecule has 0 saturated heterocycles. The highest BCUT2D eigenvalue weighted by Gasteiger charge is 2.02. The highest BCUT2D eigenvalue weighted by molar-refractivity contribution is 5.62. The second kappa shape index (κ2) is 1.83. The summed E-state index contributed by atoms with van der Waals surface area (Å²) < 4.78 is 4.80. The van der Waals surface area contributed by atoms with Crippen molar-refractivity contribution in [1.29, 1.82) is 0 Å². The van der Waals surface area contributed by atoms with Crippen LogP contribution in [0.3, 0.4) is 0 Å². The van der Waals surface area contributed by atoms with Gasteiger partial charge in [-0.05, 0) is 6.42 Å². The van der Waals surface area contributed by atoms with E-state index in [2.05, 4.69) is 15.1 Å². The monoisotopic (exact) mass is 137 g/mol. The minimum atomic E-state index is 0.611. The van der Waals surface area contributed by atoms with Crippen molar-refractivity contribution < 1.29 is 4.52 Å². The van der Waals surface area contributed by atoms with Crippen LogP contribution < -0.4 is 0 Å². The Morgan fingerprint density at radius 3 is 3.10 bits per heavy atom. The van der Waals surface area contributed by atoms with E-state index in [0.717, 1.165) is 17.8 Å². The van der Waals surface area contributed by atoms with Gasteiger partial charge < -0.3 is 4.52 Å². The summed E-state index contributed by atoms with van der Waals surface area (Å²) in [5.41, 5.74) is 2.30. The van der Waals surface area contributed by atoms with Crippen molar-refractivity contribution in [3.63, 3.8) is 0 Å². The third kappa shape index (κ3) is 0.618. The first-order valence-corrected chi connectivity index (χ1v) is 3.19. The van der Waals surface area contributed by atoms with Gasteiger partial charge in [-0.1, -0.05) is 6.92 Å². The van der Waals surface area contributed by atoms with E-state index in [9.17, 15) is 0 Å². The zero-order valence-corrected chi connectivity index (χ0v) is 5.59. The molecule has 0 aliphatic rings. The normalized spacial score (nSPS) is 10.9. The van der Waals surface area contributed by atoms with E-state index in [4.69, 9.17) is 4.52 Å². The zero-order chi connectivity index (χ0) is 6.97. The highest BCUT2D eigenvalue weighted by atomic mass is 16.5. The van der Waals surface area contributed by atoms with Crippen LogP contribution >= 0.6 is 0 Å². The van der Waals surface area contributed by atoms with Crippen LogP contribution in [0.2, 0.25) is 0 Å². The number of rotatable bonds is 1. The molecule has 2 rings (SSSR count). The molecule has 4 nitrogen and oxygen atoms in total. The van der Waals surface area contributed by atoms with Gasteiger partial charge in [-0.3, -0.25) is 0 Å². The van der Waals surface area contributed by atoms with Crippen molar-refractivity contribution in [1.82, 2.24) is 15.1 Å². The SMILES string of the molecule is CCc1cnc2[nH]oc2n1. The quantitative estimate of drug-likeness (QED) is 0.640. The van der Waals surface area contributed by atoms with Crippen molar-refractivity contribution in [3.8, 4) is 0 Å². The number of aromatic nitrogens is 3. The number of hydrogen-bond donors (Lipinski definition) is 1. The molecule has 0 spiro atoms. The summed E-state index contributed by atoms with van der Waals surface area (Å²) in [6, 6.07) is 0. The Labute approximate surface area is 57.2 Å². The molecule has 10 heavy (non-hydrogen) atoms. The maximum Gasteiger partial charge on any atom is 0.291 e. The molecule has 4 heteroatoms. The van der Waals surface area contributed by atoms with E-state index in [1.807, 2.05) is 6.92 Å². The third-order valence-corrected chi connectivity index (χ3v) is 1.40. The first-order chi connectivity index (χ1) is 4.90. The Hall–Kier alpha value is -1.32. The van der Waals surface area contributed by atoms with Crippen LogP contribution in [0.4, 0.5) is 0 Å². The van der Waals surface area contributed by atoms with E-state index in [1.165, 1.54) is 0 Å². The van der Waals surface area contributed by atoms with Gasteiger partial charge in [0.15, 0.2) is 0 Å². The van der Waals surface area contributed by atoms with Gasteiger partial charge in [0.1, 0.15) is 0 Å². The third-order valence-electron chi connectivity index (χ3n) is 1.40. The maximum atomic E-state index is 4.80. The van der Waals surface area contributed by atoms with Crippen molar-refractivity contribution in [2.75, 3.05) is 0 Å². The fourth-order valence-corrected chi connectivity index (χ4v) is 0.768. The summed E-state index contributed by atoms with van der Waals surface area (Å²) in [6.07, 6.45) is 2.64. The molecule has 0 saturated carbocycles. The average molecular weight is 137 g/mol. The second-order valence-electron chi connectivity index (χ2n) is 2.07. The van der Waals surface area contributed by atoms with Gasteiger partial charge in [-0.2, -0.15) is 5.16 Å². The fourth-order valence-electron chi connectivity index (χ4n) is 0.768. The van der Waals surface area contributed by atoms with Crippen LogP contribution in [0.1, 0.15) is 12.6 Å². The van der Waals surface area contributed by atoms with Gasteiger partial charge >= 0.3 is 0 Å². The number of aromatic amines is 1. The lowest BCUT2D eigenvalue weighted by atomic mass is 10.4. The van der Waals surface area contributed by atoms with Crippen molar-refractivity contribution in [2.24, 2.45) is 0 Å². The molecule has 0 radical (unpaired) electrons. The predicted octanol–water partition coefficient (Wildman–Crippen LogP) is 1.11. The molecule has 2 aromatic heterocycles. The Morgan fingerprint density at radius 1 is 1.70 bits per heavy atom. The van der Waals surface area contributed by atoms with Crippen LogP contribution in [-0.4, -0.2) is 15.1 Å². The van der Waals surface area contributed by atoms with E-state index < -0.39 is 0 Å².